The summed E-state index contributed by atoms with van der Waals surface area (Å²) in [6, 6.07) is 17.5. The van der Waals surface area contributed by atoms with Crippen molar-refractivity contribution in [2.45, 2.75) is 31.8 Å². The number of imide groups is 1. The molecule has 3 aromatic carbocycles. The molecule has 0 unspecified atom stereocenters. The second-order valence-electron chi connectivity index (χ2n) is 8.35. The average Bonchev–Trinajstić information content (AvgIpc) is 3.16. The van der Waals surface area contributed by atoms with Crippen LogP contribution in [0.4, 0.5) is 14.9 Å². The van der Waals surface area contributed by atoms with Crippen LogP contribution < -0.4 is 15.4 Å². The highest BCUT2D eigenvalue weighted by molar-refractivity contribution is 14.1. The van der Waals surface area contributed by atoms with Crippen molar-refractivity contribution in [2.75, 3.05) is 11.9 Å². The van der Waals surface area contributed by atoms with Crippen LogP contribution >= 0.6 is 22.6 Å². The number of hydrogen-bond donors (Lipinski definition) is 2. The van der Waals surface area contributed by atoms with E-state index in [1.165, 1.54) is 12.1 Å². The summed E-state index contributed by atoms with van der Waals surface area (Å²) in [7, 11) is 0. The van der Waals surface area contributed by atoms with Gasteiger partial charge in [-0.25, -0.2) is 14.1 Å². The SMILES string of the molecule is CCOc1ccc([C@H]2NC(=O)N([C@H](C(=O)Nc3ccc(I)cc3F)[C@@H](C)c3ccccc3)C2=O)cc1. The van der Waals surface area contributed by atoms with Crippen molar-refractivity contribution in [3.63, 3.8) is 0 Å². The van der Waals surface area contributed by atoms with Gasteiger partial charge >= 0.3 is 6.03 Å². The number of ether oxygens (including phenoxy) is 1. The third-order valence-corrected chi connectivity index (χ3v) is 6.70. The van der Waals surface area contributed by atoms with Gasteiger partial charge < -0.3 is 15.4 Å². The summed E-state index contributed by atoms with van der Waals surface area (Å²) in [5, 5.41) is 5.26. The first-order valence-corrected chi connectivity index (χ1v) is 12.5. The summed E-state index contributed by atoms with van der Waals surface area (Å²) in [6.07, 6.45) is 0. The van der Waals surface area contributed by atoms with E-state index in [1.807, 2.05) is 59.8 Å². The molecule has 0 aliphatic carbocycles. The van der Waals surface area contributed by atoms with E-state index in [1.54, 1.807) is 37.3 Å². The van der Waals surface area contributed by atoms with Crippen LogP contribution in [0.25, 0.3) is 0 Å². The highest BCUT2D eigenvalue weighted by Crippen LogP contribution is 2.32. The molecule has 2 N–H and O–H groups in total. The molecule has 4 rings (SSSR count). The molecule has 4 amide bonds. The number of nitrogens with zero attached hydrogens (tertiary/aromatic N) is 1. The Kier molecular flexibility index (Phi) is 7.88. The standard InChI is InChI=1S/C27H25FIN3O4/c1-3-36-20-12-9-18(10-13-20)23-26(34)32(27(35)31-23)24(16(2)17-7-5-4-6-8-17)25(33)30-22-14-11-19(29)15-21(22)28/h4-16,23-24H,3H2,1-2H3,(H,30,33)(H,31,35)/t16-,23+,24-/m0/s1. The number of amides is 4. The minimum Gasteiger partial charge on any atom is -0.494 e. The summed E-state index contributed by atoms with van der Waals surface area (Å²) in [4.78, 5) is 41.1. The van der Waals surface area contributed by atoms with E-state index in [2.05, 4.69) is 10.6 Å². The molecule has 0 radical (unpaired) electrons. The highest BCUT2D eigenvalue weighted by atomic mass is 127. The van der Waals surface area contributed by atoms with Crippen molar-refractivity contribution in [3.05, 3.63) is 93.3 Å². The number of nitrogens with one attached hydrogen (secondary N) is 2. The lowest BCUT2D eigenvalue weighted by atomic mass is 9.91. The Morgan fingerprint density at radius 3 is 2.44 bits per heavy atom. The van der Waals surface area contributed by atoms with E-state index in [9.17, 15) is 18.8 Å². The van der Waals surface area contributed by atoms with Crippen molar-refractivity contribution in [2.24, 2.45) is 0 Å². The molecule has 36 heavy (non-hydrogen) atoms. The third-order valence-electron chi connectivity index (χ3n) is 6.03. The van der Waals surface area contributed by atoms with Crippen molar-refractivity contribution in [1.29, 1.82) is 0 Å². The minimum absolute atomic E-state index is 0.0270. The van der Waals surface area contributed by atoms with Crippen molar-refractivity contribution in [3.8, 4) is 5.75 Å². The van der Waals surface area contributed by atoms with Gasteiger partial charge in [0, 0.05) is 9.49 Å². The molecule has 186 valence electrons. The summed E-state index contributed by atoms with van der Waals surface area (Å²) in [6.45, 7) is 4.13. The molecule has 0 spiro atoms. The zero-order valence-corrected chi connectivity index (χ0v) is 21.9. The van der Waals surface area contributed by atoms with Crippen LogP contribution in [0.2, 0.25) is 0 Å². The van der Waals surface area contributed by atoms with E-state index in [-0.39, 0.29) is 5.69 Å². The Morgan fingerprint density at radius 1 is 1.11 bits per heavy atom. The fraction of sp³-hybridized carbons (Fsp3) is 0.222. The van der Waals surface area contributed by atoms with Gasteiger partial charge in [0.2, 0.25) is 5.91 Å². The number of carbonyl (C=O) groups is 3. The number of halogens is 2. The van der Waals surface area contributed by atoms with Crippen LogP contribution in [0, 0.1) is 9.39 Å². The van der Waals surface area contributed by atoms with Crippen LogP contribution in [0.5, 0.6) is 5.75 Å². The number of carbonyl (C=O) groups excluding carboxylic acids is 3. The average molecular weight is 601 g/mol. The lowest BCUT2D eigenvalue weighted by molar-refractivity contribution is -0.134. The predicted molar refractivity (Wildman–Crippen MR) is 142 cm³/mol. The Balaban J connectivity index is 1.67. The molecule has 1 fully saturated rings. The number of hydrogen-bond acceptors (Lipinski definition) is 4. The number of rotatable bonds is 8. The highest BCUT2D eigenvalue weighted by Gasteiger charge is 2.47. The smallest absolute Gasteiger partial charge is 0.325 e. The maximum absolute atomic E-state index is 14.5. The molecular formula is C27H25FIN3O4. The fourth-order valence-corrected chi connectivity index (χ4v) is 4.66. The van der Waals surface area contributed by atoms with E-state index < -0.39 is 41.7 Å². The van der Waals surface area contributed by atoms with Gasteiger partial charge in [0.1, 0.15) is 23.7 Å². The third kappa shape index (κ3) is 5.35. The number of anilines is 1. The van der Waals surface area contributed by atoms with E-state index >= 15 is 0 Å². The van der Waals surface area contributed by atoms with Crippen LogP contribution in [-0.2, 0) is 9.59 Å². The van der Waals surface area contributed by atoms with Gasteiger partial charge in [-0.2, -0.15) is 0 Å². The van der Waals surface area contributed by atoms with Crippen molar-refractivity contribution >= 4 is 46.1 Å². The molecule has 0 bridgehead atoms. The zero-order valence-electron chi connectivity index (χ0n) is 19.7. The van der Waals surface area contributed by atoms with Gasteiger partial charge in [0.15, 0.2) is 0 Å². The zero-order chi connectivity index (χ0) is 25.8. The number of urea groups is 1. The molecular weight excluding hydrogens is 576 g/mol. The van der Waals surface area contributed by atoms with Crippen LogP contribution in [0.15, 0.2) is 72.8 Å². The second kappa shape index (κ2) is 11.1. The Hall–Kier alpha value is -3.47. The maximum Gasteiger partial charge on any atom is 0.325 e. The van der Waals surface area contributed by atoms with Crippen molar-refractivity contribution < 1.29 is 23.5 Å². The largest absolute Gasteiger partial charge is 0.494 e. The van der Waals surface area contributed by atoms with E-state index in [4.69, 9.17) is 4.74 Å². The first-order chi connectivity index (χ1) is 17.3. The summed E-state index contributed by atoms with van der Waals surface area (Å²) in [5.41, 5.74) is 1.29. The molecule has 3 aromatic rings. The Labute approximate surface area is 222 Å². The molecule has 1 saturated heterocycles. The van der Waals surface area contributed by atoms with Crippen LogP contribution in [0.1, 0.15) is 36.9 Å². The molecule has 0 aromatic heterocycles. The van der Waals surface area contributed by atoms with E-state index in [0.29, 0.717) is 21.5 Å². The van der Waals surface area contributed by atoms with Gasteiger partial charge in [0.25, 0.3) is 5.91 Å². The molecule has 0 saturated carbocycles. The summed E-state index contributed by atoms with van der Waals surface area (Å²) >= 11 is 1.97. The minimum atomic E-state index is -1.22. The van der Waals surface area contributed by atoms with Crippen LogP contribution in [0.3, 0.4) is 0 Å². The molecule has 1 aliphatic heterocycles. The summed E-state index contributed by atoms with van der Waals surface area (Å²) in [5.74, 6) is -1.75. The Morgan fingerprint density at radius 2 is 1.81 bits per heavy atom. The molecule has 9 heteroatoms. The topological polar surface area (TPSA) is 87.7 Å². The molecule has 1 heterocycles. The quantitative estimate of drug-likeness (QED) is 0.274. The first-order valence-electron chi connectivity index (χ1n) is 11.5. The van der Waals surface area contributed by atoms with Gasteiger partial charge in [-0.3, -0.25) is 9.59 Å². The maximum atomic E-state index is 14.5. The Bertz CT molecular complexity index is 1270. The first kappa shape index (κ1) is 25.6. The van der Waals surface area contributed by atoms with E-state index in [0.717, 1.165) is 10.5 Å². The van der Waals surface area contributed by atoms with Crippen LogP contribution in [-0.4, -0.2) is 35.4 Å². The second-order valence-corrected chi connectivity index (χ2v) is 9.60. The fourth-order valence-electron chi connectivity index (χ4n) is 4.21. The molecule has 1 aliphatic rings. The molecule has 7 nitrogen and oxygen atoms in total. The lowest BCUT2D eigenvalue weighted by Crippen LogP contribution is -2.50. The normalized spacial score (nSPS) is 16.9. The summed E-state index contributed by atoms with van der Waals surface area (Å²) < 4.78 is 20.6. The number of benzene rings is 3. The van der Waals surface area contributed by atoms with Gasteiger partial charge in [-0.1, -0.05) is 49.4 Å². The lowest BCUT2D eigenvalue weighted by Gasteiger charge is -2.30. The van der Waals surface area contributed by atoms with Gasteiger partial charge in [-0.15, -0.1) is 0 Å². The van der Waals surface area contributed by atoms with Gasteiger partial charge in [0.05, 0.1) is 12.3 Å². The molecule has 3 atom stereocenters. The van der Waals surface area contributed by atoms with Crippen molar-refractivity contribution in [1.82, 2.24) is 10.2 Å². The monoisotopic (exact) mass is 601 g/mol. The van der Waals surface area contributed by atoms with Gasteiger partial charge in [-0.05, 0) is 71.0 Å². The predicted octanol–water partition coefficient (Wildman–Crippen LogP) is 5.23.